The average Bonchev–Trinajstić information content (AvgIpc) is 3.11. The molecule has 0 atom stereocenters. The Morgan fingerprint density at radius 3 is 2.52 bits per heavy atom. The molecule has 0 unspecified atom stereocenters. The zero-order valence-electron chi connectivity index (χ0n) is 17.9. The standard InChI is InChI=1S/C23H32N6/c1-5-24-22(25-15-13-18-9-11-19(12-10-18)23(2,3)4)26-16-14-21-28-27-20-8-6-7-17-29(20)21/h6-12,17H,5,13-16H2,1-4H3,(H2,24,25,26). The van der Waals surface area contributed by atoms with Crippen molar-refractivity contribution >= 4 is 11.6 Å². The number of guanidine groups is 1. The number of nitrogens with zero attached hydrogens (tertiary/aromatic N) is 4. The molecule has 2 N–H and O–H groups in total. The van der Waals surface area contributed by atoms with Gasteiger partial charge in [-0.15, -0.1) is 10.2 Å². The Morgan fingerprint density at radius 1 is 1.00 bits per heavy atom. The Hall–Kier alpha value is -2.89. The van der Waals surface area contributed by atoms with Crippen molar-refractivity contribution in [3.05, 3.63) is 65.6 Å². The van der Waals surface area contributed by atoms with Gasteiger partial charge in [-0.1, -0.05) is 51.1 Å². The lowest BCUT2D eigenvalue weighted by molar-refractivity contribution is 0.590. The number of rotatable bonds is 7. The molecule has 2 aromatic heterocycles. The van der Waals surface area contributed by atoms with Crippen LogP contribution in [0.3, 0.4) is 0 Å². The molecule has 0 spiro atoms. The number of hydrogen-bond donors (Lipinski definition) is 2. The van der Waals surface area contributed by atoms with Crippen LogP contribution in [0.1, 0.15) is 44.6 Å². The number of nitrogens with one attached hydrogen (secondary N) is 2. The molecule has 0 fully saturated rings. The van der Waals surface area contributed by atoms with Gasteiger partial charge < -0.3 is 10.6 Å². The lowest BCUT2D eigenvalue weighted by Crippen LogP contribution is -2.38. The zero-order valence-corrected chi connectivity index (χ0v) is 17.9. The van der Waals surface area contributed by atoms with Crippen LogP contribution < -0.4 is 10.6 Å². The van der Waals surface area contributed by atoms with Gasteiger partial charge in [-0.2, -0.15) is 0 Å². The summed E-state index contributed by atoms with van der Waals surface area (Å²) in [5.74, 6) is 1.77. The zero-order chi connectivity index (χ0) is 20.7. The van der Waals surface area contributed by atoms with Crippen LogP contribution in [0.2, 0.25) is 0 Å². The van der Waals surface area contributed by atoms with E-state index in [1.54, 1.807) is 0 Å². The molecule has 1 aromatic carbocycles. The van der Waals surface area contributed by atoms with Crippen molar-refractivity contribution in [2.75, 3.05) is 19.6 Å². The third-order valence-electron chi connectivity index (χ3n) is 4.86. The van der Waals surface area contributed by atoms with Gasteiger partial charge in [0.05, 0.1) is 0 Å². The summed E-state index contributed by atoms with van der Waals surface area (Å²) in [6, 6.07) is 14.8. The lowest BCUT2D eigenvalue weighted by Gasteiger charge is -2.19. The van der Waals surface area contributed by atoms with Crippen LogP contribution in [0.5, 0.6) is 0 Å². The van der Waals surface area contributed by atoms with Gasteiger partial charge in [0.1, 0.15) is 5.82 Å². The van der Waals surface area contributed by atoms with Crippen LogP contribution in [-0.4, -0.2) is 40.2 Å². The molecule has 0 aliphatic heterocycles. The van der Waals surface area contributed by atoms with E-state index in [1.807, 2.05) is 28.8 Å². The van der Waals surface area contributed by atoms with Crippen molar-refractivity contribution in [2.24, 2.45) is 4.99 Å². The first-order valence-corrected chi connectivity index (χ1v) is 10.4. The van der Waals surface area contributed by atoms with Crippen molar-refractivity contribution in [1.29, 1.82) is 0 Å². The minimum atomic E-state index is 0.192. The monoisotopic (exact) mass is 392 g/mol. The molecule has 3 rings (SSSR count). The van der Waals surface area contributed by atoms with Gasteiger partial charge >= 0.3 is 0 Å². The molecule has 0 saturated carbocycles. The Labute approximate surface area is 173 Å². The lowest BCUT2D eigenvalue weighted by atomic mass is 9.86. The summed E-state index contributed by atoms with van der Waals surface area (Å²) in [5.41, 5.74) is 3.76. The summed E-state index contributed by atoms with van der Waals surface area (Å²) in [6.07, 6.45) is 3.70. The summed E-state index contributed by atoms with van der Waals surface area (Å²) in [6.45, 7) is 11.1. The Bertz CT molecular complexity index is 934. The van der Waals surface area contributed by atoms with E-state index in [0.29, 0.717) is 6.54 Å². The average molecular weight is 393 g/mol. The van der Waals surface area contributed by atoms with Crippen molar-refractivity contribution in [2.45, 2.75) is 46.0 Å². The molecular formula is C23H32N6. The van der Waals surface area contributed by atoms with Crippen LogP contribution in [0.15, 0.2) is 53.7 Å². The van der Waals surface area contributed by atoms with Crippen molar-refractivity contribution in [3.8, 4) is 0 Å². The predicted octanol–water partition coefficient (Wildman–Crippen LogP) is 3.37. The first-order valence-electron chi connectivity index (χ1n) is 10.4. The molecule has 0 bridgehead atoms. The van der Waals surface area contributed by atoms with Gasteiger partial charge in [-0.3, -0.25) is 9.39 Å². The topological polar surface area (TPSA) is 66.6 Å². The van der Waals surface area contributed by atoms with Crippen LogP contribution >= 0.6 is 0 Å². The number of hydrogen-bond acceptors (Lipinski definition) is 3. The second kappa shape index (κ2) is 9.54. The minimum Gasteiger partial charge on any atom is -0.357 e. The van der Waals surface area contributed by atoms with Gasteiger partial charge in [0.2, 0.25) is 0 Å². The Morgan fingerprint density at radius 2 is 1.79 bits per heavy atom. The van der Waals surface area contributed by atoms with Gasteiger partial charge in [0.25, 0.3) is 0 Å². The van der Waals surface area contributed by atoms with Gasteiger partial charge in [-0.25, -0.2) is 0 Å². The van der Waals surface area contributed by atoms with Gasteiger partial charge in [-0.05, 0) is 42.0 Å². The van der Waals surface area contributed by atoms with E-state index < -0.39 is 0 Å². The number of aliphatic imine (C=N–C) groups is 1. The largest absolute Gasteiger partial charge is 0.357 e. The maximum atomic E-state index is 4.69. The molecule has 3 aromatic rings. The second-order valence-corrected chi connectivity index (χ2v) is 8.18. The highest BCUT2D eigenvalue weighted by atomic mass is 15.2. The number of benzene rings is 1. The second-order valence-electron chi connectivity index (χ2n) is 8.18. The maximum Gasteiger partial charge on any atom is 0.191 e. The molecule has 0 saturated heterocycles. The summed E-state index contributed by atoms with van der Waals surface area (Å²) in [7, 11) is 0. The fourth-order valence-electron chi connectivity index (χ4n) is 3.17. The number of fused-ring (bicyclic) bond motifs is 1. The molecule has 0 aliphatic carbocycles. The molecule has 6 nitrogen and oxygen atoms in total. The van der Waals surface area contributed by atoms with E-state index in [9.17, 15) is 0 Å². The van der Waals surface area contributed by atoms with E-state index in [4.69, 9.17) is 0 Å². The van der Waals surface area contributed by atoms with E-state index in [1.165, 1.54) is 11.1 Å². The quantitative estimate of drug-likeness (QED) is 0.478. The smallest absolute Gasteiger partial charge is 0.191 e. The van der Waals surface area contributed by atoms with E-state index >= 15 is 0 Å². The molecule has 2 heterocycles. The highest BCUT2D eigenvalue weighted by Gasteiger charge is 2.12. The van der Waals surface area contributed by atoms with Crippen molar-refractivity contribution in [1.82, 2.24) is 25.2 Å². The normalized spacial score (nSPS) is 12.3. The summed E-state index contributed by atoms with van der Waals surface area (Å²) in [4.78, 5) is 4.69. The Balaban J connectivity index is 1.51. The van der Waals surface area contributed by atoms with Crippen LogP contribution in [-0.2, 0) is 18.3 Å². The van der Waals surface area contributed by atoms with E-state index in [2.05, 4.69) is 77.8 Å². The van der Waals surface area contributed by atoms with Crippen molar-refractivity contribution in [3.63, 3.8) is 0 Å². The van der Waals surface area contributed by atoms with Gasteiger partial charge in [0.15, 0.2) is 11.6 Å². The van der Waals surface area contributed by atoms with Crippen LogP contribution in [0.25, 0.3) is 5.65 Å². The molecule has 0 aliphatic rings. The molecule has 154 valence electrons. The SMILES string of the molecule is CCNC(=NCCc1nnc2ccccn12)NCCc1ccc(C(C)(C)C)cc1. The summed E-state index contributed by atoms with van der Waals surface area (Å²) < 4.78 is 2.01. The highest BCUT2D eigenvalue weighted by Crippen LogP contribution is 2.22. The molecule has 29 heavy (non-hydrogen) atoms. The molecule has 6 heteroatoms. The fourth-order valence-corrected chi connectivity index (χ4v) is 3.17. The fraction of sp³-hybridized carbons (Fsp3) is 0.435. The van der Waals surface area contributed by atoms with Crippen LogP contribution in [0.4, 0.5) is 0 Å². The van der Waals surface area contributed by atoms with Crippen LogP contribution in [0, 0.1) is 0 Å². The molecule has 0 radical (unpaired) electrons. The predicted molar refractivity (Wildman–Crippen MR) is 120 cm³/mol. The first-order chi connectivity index (χ1) is 14.0. The van der Waals surface area contributed by atoms with E-state index in [-0.39, 0.29) is 5.41 Å². The third-order valence-corrected chi connectivity index (χ3v) is 4.86. The first kappa shape index (κ1) is 20.8. The molecular weight excluding hydrogens is 360 g/mol. The maximum absolute atomic E-state index is 4.69. The number of aromatic nitrogens is 3. The van der Waals surface area contributed by atoms with E-state index in [0.717, 1.165) is 43.4 Å². The summed E-state index contributed by atoms with van der Waals surface area (Å²) >= 11 is 0. The molecule has 0 amide bonds. The third kappa shape index (κ3) is 5.79. The van der Waals surface area contributed by atoms with Gasteiger partial charge in [0, 0.05) is 32.3 Å². The highest BCUT2D eigenvalue weighted by molar-refractivity contribution is 5.79. The number of pyridine rings is 1. The van der Waals surface area contributed by atoms with Crippen molar-refractivity contribution < 1.29 is 0 Å². The summed E-state index contributed by atoms with van der Waals surface area (Å²) in [5, 5.41) is 15.2. The minimum absolute atomic E-state index is 0.192. The Kier molecular flexibility index (Phi) is 6.86.